The SMILES string of the molecule is Nc1cc(-c2ccc3c(/C=C/c4cccnc4)n[nH]c3c2)ccn1. The van der Waals surface area contributed by atoms with Crippen LogP contribution in [0.2, 0.25) is 0 Å². The first-order chi connectivity index (χ1) is 11.8. The Morgan fingerprint density at radius 2 is 1.88 bits per heavy atom. The Balaban J connectivity index is 1.69. The van der Waals surface area contributed by atoms with Crippen molar-refractivity contribution in [2.45, 2.75) is 0 Å². The Labute approximate surface area is 138 Å². The van der Waals surface area contributed by atoms with Gasteiger partial charge in [-0.25, -0.2) is 4.98 Å². The van der Waals surface area contributed by atoms with Gasteiger partial charge >= 0.3 is 0 Å². The van der Waals surface area contributed by atoms with Crippen molar-refractivity contribution in [1.82, 2.24) is 20.2 Å². The summed E-state index contributed by atoms with van der Waals surface area (Å²) < 4.78 is 0. The minimum absolute atomic E-state index is 0.511. The number of nitrogens with two attached hydrogens (primary N) is 1. The fourth-order valence-electron chi connectivity index (χ4n) is 2.63. The molecule has 0 aliphatic rings. The molecule has 1 aromatic carbocycles. The largest absolute Gasteiger partial charge is 0.384 e. The normalized spacial score (nSPS) is 11.3. The zero-order valence-corrected chi connectivity index (χ0v) is 12.8. The number of fused-ring (bicyclic) bond motifs is 1. The van der Waals surface area contributed by atoms with E-state index in [2.05, 4.69) is 38.4 Å². The standard InChI is InChI=1S/C19H15N5/c20-19-11-15(7-9-22-19)14-4-5-16-17(23-24-18(16)10-14)6-3-13-2-1-8-21-12-13/h1-12H,(H2,20,22)(H,23,24)/b6-3+. The summed E-state index contributed by atoms with van der Waals surface area (Å²) in [5.74, 6) is 0.511. The van der Waals surface area contributed by atoms with E-state index in [-0.39, 0.29) is 0 Å². The lowest BCUT2D eigenvalue weighted by molar-refractivity contribution is 1.11. The van der Waals surface area contributed by atoms with E-state index in [1.807, 2.05) is 42.6 Å². The molecule has 3 N–H and O–H groups in total. The number of H-pyrrole nitrogens is 1. The smallest absolute Gasteiger partial charge is 0.123 e. The van der Waals surface area contributed by atoms with E-state index in [4.69, 9.17) is 5.73 Å². The third-order valence-corrected chi connectivity index (χ3v) is 3.82. The van der Waals surface area contributed by atoms with Gasteiger partial charge in [0.1, 0.15) is 5.82 Å². The first-order valence-corrected chi connectivity index (χ1v) is 7.58. The van der Waals surface area contributed by atoms with Gasteiger partial charge in [0, 0.05) is 24.0 Å². The third-order valence-electron chi connectivity index (χ3n) is 3.82. The highest BCUT2D eigenvalue weighted by molar-refractivity contribution is 5.92. The predicted molar refractivity (Wildman–Crippen MR) is 96.9 cm³/mol. The van der Waals surface area contributed by atoms with Gasteiger partial charge in [-0.3, -0.25) is 10.1 Å². The zero-order valence-electron chi connectivity index (χ0n) is 12.8. The molecule has 0 atom stereocenters. The number of nitrogens with zero attached hydrogens (tertiary/aromatic N) is 3. The minimum atomic E-state index is 0.511. The quantitative estimate of drug-likeness (QED) is 0.603. The molecule has 3 aromatic heterocycles. The number of hydrogen-bond acceptors (Lipinski definition) is 4. The van der Waals surface area contributed by atoms with Gasteiger partial charge in [0.25, 0.3) is 0 Å². The molecule has 0 fully saturated rings. The van der Waals surface area contributed by atoms with E-state index in [0.29, 0.717) is 5.82 Å². The second kappa shape index (κ2) is 5.96. The molecule has 0 saturated heterocycles. The van der Waals surface area contributed by atoms with Crippen molar-refractivity contribution in [3.05, 3.63) is 72.3 Å². The van der Waals surface area contributed by atoms with Gasteiger partial charge < -0.3 is 5.73 Å². The van der Waals surface area contributed by atoms with Gasteiger partial charge in [0.2, 0.25) is 0 Å². The van der Waals surface area contributed by atoms with Crippen LogP contribution in [0.4, 0.5) is 5.82 Å². The summed E-state index contributed by atoms with van der Waals surface area (Å²) in [6, 6.07) is 13.9. The summed E-state index contributed by atoms with van der Waals surface area (Å²) in [6.07, 6.45) is 9.27. The van der Waals surface area contributed by atoms with Crippen molar-refractivity contribution in [3.8, 4) is 11.1 Å². The summed E-state index contributed by atoms with van der Waals surface area (Å²) in [5.41, 5.74) is 10.8. The van der Waals surface area contributed by atoms with E-state index < -0.39 is 0 Å². The van der Waals surface area contributed by atoms with Crippen LogP contribution in [0, 0.1) is 0 Å². The van der Waals surface area contributed by atoms with Crippen LogP contribution in [-0.4, -0.2) is 20.2 Å². The van der Waals surface area contributed by atoms with Crippen LogP contribution in [0.3, 0.4) is 0 Å². The summed E-state index contributed by atoms with van der Waals surface area (Å²) in [6.45, 7) is 0. The number of nitrogens with one attached hydrogen (secondary N) is 1. The van der Waals surface area contributed by atoms with Crippen LogP contribution >= 0.6 is 0 Å². The van der Waals surface area contributed by atoms with Crippen molar-refractivity contribution in [3.63, 3.8) is 0 Å². The molecule has 116 valence electrons. The number of nitrogen functional groups attached to an aromatic ring is 1. The topological polar surface area (TPSA) is 80.5 Å². The maximum atomic E-state index is 5.76. The van der Waals surface area contributed by atoms with Crippen LogP contribution in [0.1, 0.15) is 11.3 Å². The number of aromatic amines is 1. The van der Waals surface area contributed by atoms with Gasteiger partial charge in [-0.05, 0) is 53.1 Å². The monoisotopic (exact) mass is 313 g/mol. The molecule has 4 aromatic rings. The maximum Gasteiger partial charge on any atom is 0.123 e. The second-order valence-corrected chi connectivity index (χ2v) is 5.46. The maximum absolute atomic E-state index is 5.76. The number of aromatic nitrogens is 4. The number of benzene rings is 1. The summed E-state index contributed by atoms with van der Waals surface area (Å²) >= 11 is 0. The molecule has 4 rings (SSSR count). The number of pyridine rings is 2. The summed E-state index contributed by atoms with van der Waals surface area (Å²) in [7, 11) is 0. The Morgan fingerprint density at radius 3 is 2.71 bits per heavy atom. The molecule has 0 radical (unpaired) electrons. The fourth-order valence-corrected chi connectivity index (χ4v) is 2.63. The van der Waals surface area contributed by atoms with Crippen molar-refractivity contribution in [2.75, 3.05) is 5.73 Å². The molecule has 24 heavy (non-hydrogen) atoms. The average Bonchev–Trinajstić information content (AvgIpc) is 3.03. The predicted octanol–water partition coefficient (Wildman–Crippen LogP) is 3.77. The lowest BCUT2D eigenvalue weighted by Crippen LogP contribution is -1.89. The molecule has 3 heterocycles. The van der Waals surface area contributed by atoms with Crippen molar-refractivity contribution in [1.29, 1.82) is 0 Å². The molecule has 0 bridgehead atoms. The van der Waals surface area contributed by atoms with E-state index in [9.17, 15) is 0 Å². The van der Waals surface area contributed by atoms with Crippen LogP contribution in [0.5, 0.6) is 0 Å². The third kappa shape index (κ3) is 2.75. The van der Waals surface area contributed by atoms with Crippen molar-refractivity contribution < 1.29 is 0 Å². The van der Waals surface area contributed by atoms with Crippen LogP contribution in [0.15, 0.2) is 61.1 Å². The highest BCUT2D eigenvalue weighted by Crippen LogP contribution is 2.26. The van der Waals surface area contributed by atoms with Gasteiger partial charge in [-0.15, -0.1) is 0 Å². The van der Waals surface area contributed by atoms with Gasteiger partial charge in [0.05, 0.1) is 11.2 Å². The van der Waals surface area contributed by atoms with Crippen molar-refractivity contribution >= 4 is 28.9 Å². The number of rotatable bonds is 3. The molecule has 0 aliphatic heterocycles. The van der Waals surface area contributed by atoms with Gasteiger partial charge in [-0.2, -0.15) is 5.10 Å². The fraction of sp³-hybridized carbons (Fsp3) is 0. The molecule has 5 heteroatoms. The first-order valence-electron chi connectivity index (χ1n) is 7.58. The van der Waals surface area contributed by atoms with Crippen LogP contribution in [-0.2, 0) is 0 Å². The molecule has 0 unspecified atom stereocenters. The van der Waals surface area contributed by atoms with Crippen molar-refractivity contribution in [2.24, 2.45) is 0 Å². The molecule has 0 amide bonds. The first kappa shape index (κ1) is 14.1. The average molecular weight is 313 g/mol. The Bertz CT molecular complexity index is 1020. The Kier molecular flexibility index (Phi) is 3.51. The van der Waals surface area contributed by atoms with E-state index >= 15 is 0 Å². The molecule has 0 spiro atoms. The van der Waals surface area contributed by atoms with Crippen LogP contribution < -0.4 is 5.73 Å². The lowest BCUT2D eigenvalue weighted by Gasteiger charge is -2.02. The highest BCUT2D eigenvalue weighted by Gasteiger charge is 2.05. The van der Waals surface area contributed by atoms with Gasteiger partial charge in [0.15, 0.2) is 0 Å². The molecular weight excluding hydrogens is 298 g/mol. The van der Waals surface area contributed by atoms with Crippen LogP contribution in [0.25, 0.3) is 34.2 Å². The Hall–Kier alpha value is -3.47. The number of hydrogen-bond donors (Lipinski definition) is 2. The van der Waals surface area contributed by atoms with E-state index in [1.54, 1.807) is 12.4 Å². The number of anilines is 1. The summed E-state index contributed by atoms with van der Waals surface area (Å²) in [4.78, 5) is 8.13. The summed E-state index contributed by atoms with van der Waals surface area (Å²) in [5, 5.41) is 8.55. The molecular formula is C19H15N5. The molecule has 0 saturated carbocycles. The second-order valence-electron chi connectivity index (χ2n) is 5.46. The lowest BCUT2D eigenvalue weighted by atomic mass is 10.0. The Morgan fingerprint density at radius 1 is 0.958 bits per heavy atom. The molecule has 0 aliphatic carbocycles. The molecule has 5 nitrogen and oxygen atoms in total. The zero-order chi connectivity index (χ0) is 16.4. The van der Waals surface area contributed by atoms with E-state index in [1.165, 1.54) is 0 Å². The minimum Gasteiger partial charge on any atom is -0.384 e. The highest BCUT2D eigenvalue weighted by atomic mass is 15.1. The van der Waals surface area contributed by atoms with Gasteiger partial charge in [-0.1, -0.05) is 18.2 Å². The van der Waals surface area contributed by atoms with E-state index in [0.717, 1.165) is 33.3 Å².